The average Bonchev–Trinajstić information content (AvgIpc) is 2.14. The molecule has 0 aliphatic heterocycles. The Morgan fingerprint density at radius 1 is 1.21 bits per heavy atom. The second kappa shape index (κ2) is 5.65. The summed E-state index contributed by atoms with van der Waals surface area (Å²) in [6, 6.07) is 0. The molecule has 0 saturated carbocycles. The van der Waals surface area contributed by atoms with E-state index in [2.05, 4.69) is 9.44 Å². The first-order chi connectivity index (χ1) is 6.45. The van der Waals surface area contributed by atoms with Crippen molar-refractivity contribution in [3.05, 3.63) is 0 Å². The van der Waals surface area contributed by atoms with E-state index in [0.29, 0.717) is 19.4 Å². The summed E-state index contributed by atoms with van der Waals surface area (Å²) in [6.45, 7) is 5.54. The molecule has 3 N–H and O–H groups in total. The van der Waals surface area contributed by atoms with Gasteiger partial charge in [-0.2, -0.15) is 13.1 Å². The molecule has 0 aliphatic rings. The number of aliphatic hydroxyl groups excluding tert-OH is 1. The monoisotopic (exact) mass is 224 g/mol. The highest BCUT2D eigenvalue weighted by atomic mass is 32.2. The maximum absolute atomic E-state index is 11.4. The van der Waals surface area contributed by atoms with Crippen molar-refractivity contribution >= 4 is 10.2 Å². The van der Waals surface area contributed by atoms with Crippen LogP contribution in [0.5, 0.6) is 0 Å². The maximum atomic E-state index is 11.4. The van der Waals surface area contributed by atoms with Crippen LogP contribution in [-0.2, 0) is 10.2 Å². The lowest BCUT2D eigenvalue weighted by atomic mass is 9.96. The minimum absolute atomic E-state index is 0.190. The molecule has 14 heavy (non-hydrogen) atoms. The van der Waals surface area contributed by atoms with Crippen LogP contribution in [0.15, 0.2) is 0 Å². The molecule has 0 heterocycles. The zero-order chi connectivity index (χ0) is 11.2. The van der Waals surface area contributed by atoms with Crippen molar-refractivity contribution in [1.82, 2.24) is 9.44 Å². The van der Waals surface area contributed by atoms with Crippen LogP contribution in [0.3, 0.4) is 0 Å². The highest BCUT2D eigenvalue weighted by Crippen LogP contribution is 2.14. The van der Waals surface area contributed by atoms with Gasteiger partial charge in [-0.15, -0.1) is 0 Å². The molecule has 0 unspecified atom stereocenters. The smallest absolute Gasteiger partial charge is 0.277 e. The molecule has 0 bridgehead atoms. The van der Waals surface area contributed by atoms with E-state index in [9.17, 15) is 8.42 Å². The van der Waals surface area contributed by atoms with Crippen LogP contribution in [0.2, 0.25) is 0 Å². The number of hydrogen-bond donors (Lipinski definition) is 3. The Balaban J connectivity index is 4.59. The van der Waals surface area contributed by atoms with Gasteiger partial charge in [0.2, 0.25) is 0 Å². The summed E-state index contributed by atoms with van der Waals surface area (Å²) < 4.78 is 27.6. The first-order valence-electron chi connectivity index (χ1n) is 4.84. The molecular formula is C8H20N2O3S. The van der Waals surface area contributed by atoms with E-state index in [1.807, 2.05) is 13.8 Å². The summed E-state index contributed by atoms with van der Waals surface area (Å²) in [5, 5.41) is 9.15. The molecule has 0 saturated heterocycles. The minimum Gasteiger partial charge on any atom is -0.394 e. The van der Waals surface area contributed by atoms with E-state index >= 15 is 0 Å². The van der Waals surface area contributed by atoms with Crippen LogP contribution in [0.4, 0.5) is 0 Å². The summed E-state index contributed by atoms with van der Waals surface area (Å²) in [6.07, 6.45) is 1.12. The van der Waals surface area contributed by atoms with Crippen molar-refractivity contribution in [3.63, 3.8) is 0 Å². The van der Waals surface area contributed by atoms with Gasteiger partial charge in [-0.1, -0.05) is 20.8 Å². The Morgan fingerprint density at radius 2 is 1.71 bits per heavy atom. The van der Waals surface area contributed by atoms with Crippen molar-refractivity contribution in [1.29, 1.82) is 0 Å². The Labute approximate surface area is 86.1 Å². The van der Waals surface area contributed by atoms with E-state index in [4.69, 9.17) is 5.11 Å². The quantitative estimate of drug-likeness (QED) is 0.569. The fraction of sp³-hybridized carbons (Fsp3) is 1.00. The SMILES string of the molecule is CCNS(=O)(=O)NC(CC)(CC)CO. The van der Waals surface area contributed by atoms with Gasteiger partial charge in [0, 0.05) is 6.54 Å². The molecule has 0 amide bonds. The van der Waals surface area contributed by atoms with E-state index in [1.54, 1.807) is 6.92 Å². The summed E-state index contributed by atoms with van der Waals surface area (Å²) in [7, 11) is -3.49. The van der Waals surface area contributed by atoms with Crippen LogP contribution in [-0.4, -0.2) is 32.2 Å². The number of rotatable bonds is 7. The molecule has 6 heteroatoms. The van der Waals surface area contributed by atoms with Crippen LogP contribution < -0.4 is 9.44 Å². The molecule has 0 aliphatic carbocycles. The van der Waals surface area contributed by atoms with Gasteiger partial charge in [-0.05, 0) is 12.8 Å². The zero-order valence-corrected chi connectivity index (χ0v) is 9.82. The normalized spacial score (nSPS) is 13.1. The van der Waals surface area contributed by atoms with Crippen LogP contribution in [0.1, 0.15) is 33.6 Å². The van der Waals surface area contributed by atoms with Gasteiger partial charge in [0.15, 0.2) is 0 Å². The van der Waals surface area contributed by atoms with Gasteiger partial charge in [0.1, 0.15) is 0 Å². The van der Waals surface area contributed by atoms with E-state index in [1.165, 1.54) is 0 Å². The summed E-state index contributed by atoms with van der Waals surface area (Å²) in [5.74, 6) is 0. The largest absolute Gasteiger partial charge is 0.394 e. The fourth-order valence-corrected chi connectivity index (χ4v) is 2.54. The van der Waals surface area contributed by atoms with Gasteiger partial charge in [-0.3, -0.25) is 0 Å². The standard InChI is InChI=1S/C8H20N2O3S/c1-4-8(5-2,7-11)10-14(12,13)9-6-3/h9-11H,4-7H2,1-3H3. The first kappa shape index (κ1) is 13.8. The van der Waals surface area contributed by atoms with Gasteiger partial charge < -0.3 is 5.11 Å². The fourth-order valence-electron chi connectivity index (χ4n) is 1.16. The molecule has 0 atom stereocenters. The predicted molar refractivity (Wildman–Crippen MR) is 56.1 cm³/mol. The van der Waals surface area contributed by atoms with Gasteiger partial charge >= 0.3 is 0 Å². The second-order valence-corrected chi connectivity index (χ2v) is 4.75. The molecule has 0 rings (SSSR count). The molecule has 0 aromatic carbocycles. The van der Waals surface area contributed by atoms with Crippen molar-refractivity contribution in [2.24, 2.45) is 0 Å². The van der Waals surface area contributed by atoms with Crippen molar-refractivity contribution in [2.75, 3.05) is 13.2 Å². The Morgan fingerprint density at radius 3 is 2.00 bits per heavy atom. The Hall–Kier alpha value is -0.170. The lowest BCUT2D eigenvalue weighted by Gasteiger charge is -2.30. The average molecular weight is 224 g/mol. The molecule has 86 valence electrons. The van der Waals surface area contributed by atoms with E-state index in [0.717, 1.165) is 0 Å². The minimum atomic E-state index is -3.49. The molecule has 0 aromatic heterocycles. The number of nitrogens with one attached hydrogen (secondary N) is 2. The third-order valence-electron chi connectivity index (χ3n) is 2.34. The summed E-state index contributed by atoms with van der Waals surface area (Å²) >= 11 is 0. The van der Waals surface area contributed by atoms with E-state index in [-0.39, 0.29) is 6.61 Å². The predicted octanol–water partition coefficient (Wildman–Crippen LogP) is -0.0186. The summed E-state index contributed by atoms with van der Waals surface area (Å²) in [5.41, 5.74) is -0.735. The van der Waals surface area contributed by atoms with Crippen molar-refractivity contribution in [3.8, 4) is 0 Å². The molecule has 5 nitrogen and oxygen atoms in total. The highest BCUT2D eigenvalue weighted by molar-refractivity contribution is 7.87. The third-order valence-corrected chi connectivity index (χ3v) is 3.71. The maximum Gasteiger partial charge on any atom is 0.277 e. The zero-order valence-electron chi connectivity index (χ0n) is 9.00. The first-order valence-corrected chi connectivity index (χ1v) is 6.33. The van der Waals surface area contributed by atoms with E-state index < -0.39 is 15.7 Å². The lowest BCUT2D eigenvalue weighted by molar-refractivity contribution is 0.172. The van der Waals surface area contributed by atoms with Crippen molar-refractivity contribution in [2.45, 2.75) is 39.2 Å². The van der Waals surface area contributed by atoms with Crippen molar-refractivity contribution < 1.29 is 13.5 Å². The number of hydrogen-bond acceptors (Lipinski definition) is 3. The van der Waals surface area contributed by atoms with Crippen LogP contribution in [0.25, 0.3) is 0 Å². The highest BCUT2D eigenvalue weighted by Gasteiger charge is 2.29. The summed E-state index contributed by atoms with van der Waals surface area (Å²) in [4.78, 5) is 0. The molecule has 0 aromatic rings. The molecule has 0 fully saturated rings. The second-order valence-electron chi connectivity index (χ2n) is 3.25. The Kier molecular flexibility index (Phi) is 5.58. The van der Waals surface area contributed by atoms with Crippen LogP contribution >= 0.6 is 0 Å². The van der Waals surface area contributed by atoms with Gasteiger partial charge in [0.25, 0.3) is 10.2 Å². The van der Waals surface area contributed by atoms with Gasteiger partial charge in [0.05, 0.1) is 12.1 Å². The number of aliphatic hydroxyl groups is 1. The topological polar surface area (TPSA) is 78.4 Å². The molecular weight excluding hydrogens is 204 g/mol. The third kappa shape index (κ3) is 3.91. The lowest BCUT2D eigenvalue weighted by Crippen LogP contribution is -2.53. The van der Waals surface area contributed by atoms with Gasteiger partial charge in [-0.25, -0.2) is 4.72 Å². The Bertz CT molecular complexity index is 239. The van der Waals surface area contributed by atoms with Crippen LogP contribution in [0, 0.1) is 0 Å². The molecule has 0 spiro atoms. The molecule has 0 radical (unpaired) electrons.